The first kappa shape index (κ1) is 26.9. The number of unbranched alkanes of at least 4 members (excludes halogenated alkanes) is 3. The van der Waals surface area contributed by atoms with E-state index >= 15 is 0 Å². The van der Waals surface area contributed by atoms with Gasteiger partial charge in [0.25, 0.3) is 0 Å². The zero-order valence-corrected chi connectivity index (χ0v) is 24.7. The summed E-state index contributed by atoms with van der Waals surface area (Å²) >= 11 is 0. The molecule has 6 rings (SSSR count). The predicted octanol–water partition coefficient (Wildman–Crippen LogP) is 11.6. The van der Waals surface area contributed by atoms with Gasteiger partial charge in [-0.3, -0.25) is 0 Å². The Hall–Kier alpha value is -4.30. The largest absolute Gasteiger partial charge is 0.453 e. The third-order valence-corrected chi connectivity index (χ3v) is 7.95. The summed E-state index contributed by atoms with van der Waals surface area (Å²) in [5.41, 5.74) is 13.5. The lowest BCUT2D eigenvalue weighted by molar-refractivity contribution is 0.477. The summed E-state index contributed by atoms with van der Waals surface area (Å²) in [5.74, 6) is 1.74. The number of para-hydroxylation sites is 4. The highest BCUT2D eigenvalue weighted by Gasteiger charge is 2.26. The van der Waals surface area contributed by atoms with Crippen LogP contribution in [0.5, 0.6) is 11.5 Å². The number of hydrogen-bond donors (Lipinski definition) is 0. The highest BCUT2D eigenvalue weighted by molar-refractivity contribution is 5.90. The monoisotopic (exact) mass is 537 g/mol. The minimum absolute atomic E-state index is 0.870. The summed E-state index contributed by atoms with van der Waals surface area (Å²) in [7, 11) is 0. The summed E-state index contributed by atoms with van der Waals surface area (Å²) in [6.07, 6.45) is 6.24. The second kappa shape index (κ2) is 11.7. The van der Waals surface area contributed by atoms with E-state index in [4.69, 9.17) is 4.74 Å². The lowest BCUT2D eigenvalue weighted by Crippen LogP contribution is -2.15. The van der Waals surface area contributed by atoms with Crippen molar-refractivity contribution in [1.82, 2.24) is 0 Å². The van der Waals surface area contributed by atoms with Crippen molar-refractivity contribution in [1.29, 1.82) is 0 Å². The molecule has 0 spiro atoms. The summed E-state index contributed by atoms with van der Waals surface area (Å²) in [6, 6.07) is 37.6. The SMILES string of the molecule is CCCCCCc1cc(C)cc(-c2cc(-c3cc(C)cc(C)c3)cc(N3c4ccccc4Oc4ccccc43)c2)c1. The number of ether oxygens (including phenoxy) is 1. The fraction of sp³-hybridized carbons (Fsp3) is 0.231. The minimum atomic E-state index is 0.870. The Morgan fingerprint density at radius 2 is 1.07 bits per heavy atom. The first-order valence-corrected chi connectivity index (χ1v) is 15.0. The number of benzene rings is 5. The van der Waals surface area contributed by atoms with E-state index in [0.29, 0.717) is 0 Å². The zero-order valence-electron chi connectivity index (χ0n) is 24.7. The molecule has 2 nitrogen and oxygen atoms in total. The number of nitrogens with zero attached hydrogens (tertiary/aromatic N) is 1. The molecule has 5 aromatic carbocycles. The van der Waals surface area contributed by atoms with E-state index in [0.717, 1.165) is 35.0 Å². The van der Waals surface area contributed by atoms with Gasteiger partial charge in [0.15, 0.2) is 11.5 Å². The zero-order chi connectivity index (χ0) is 28.3. The summed E-state index contributed by atoms with van der Waals surface area (Å²) < 4.78 is 6.33. The summed E-state index contributed by atoms with van der Waals surface area (Å²) in [6.45, 7) is 8.86. The number of hydrogen-bond acceptors (Lipinski definition) is 2. The van der Waals surface area contributed by atoms with E-state index in [-0.39, 0.29) is 0 Å². The van der Waals surface area contributed by atoms with Gasteiger partial charge in [0.05, 0.1) is 11.4 Å². The van der Waals surface area contributed by atoms with Gasteiger partial charge in [-0.15, -0.1) is 0 Å². The van der Waals surface area contributed by atoms with Gasteiger partial charge in [-0.2, -0.15) is 0 Å². The molecule has 1 aliphatic heterocycles. The average Bonchev–Trinajstić information content (AvgIpc) is 2.97. The maximum Gasteiger partial charge on any atom is 0.151 e. The lowest BCUT2D eigenvalue weighted by atomic mass is 9.93. The number of fused-ring (bicyclic) bond motifs is 2. The standard InChI is InChI=1S/C39H39NO/c1-5-6-7-8-13-30-19-29(4)22-32(23-30)34-24-33(31-20-27(2)18-28(3)21-31)25-35(26-34)40-36-14-9-11-16-38(36)41-39-17-12-10-15-37(39)40/h9-12,14-26H,5-8,13H2,1-4H3. The van der Waals surface area contributed by atoms with Gasteiger partial charge in [0.2, 0.25) is 0 Å². The Balaban J connectivity index is 1.53. The highest BCUT2D eigenvalue weighted by Crippen LogP contribution is 2.51. The van der Waals surface area contributed by atoms with Crippen LogP contribution in [0.3, 0.4) is 0 Å². The Labute approximate surface area is 245 Å². The molecule has 0 amide bonds. The van der Waals surface area contributed by atoms with Crippen molar-refractivity contribution in [3.63, 3.8) is 0 Å². The maximum absolute atomic E-state index is 6.33. The molecule has 1 aliphatic rings. The van der Waals surface area contributed by atoms with Crippen LogP contribution >= 0.6 is 0 Å². The second-order valence-corrected chi connectivity index (χ2v) is 11.5. The molecule has 0 bridgehead atoms. The van der Waals surface area contributed by atoms with Crippen LogP contribution in [0.4, 0.5) is 17.1 Å². The molecular weight excluding hydrogens is 498 g/mol. The van der Waals surface area contributed by atoms with Crippen molar-refractivity contribution < 1.29 is 4.74 Å². The van der Waals surface area contributed by atoms with Crippen LogP contribution in [0.1, 0.15) is 54.9 Å². The Bertz CT molecular complexity index is 1630. The Morgan fingerprint density at radius 1 is 0.537 bits per heavy atom. The molecule has 0 aliphatic carbocycles. The molecule has 0 saturated carbocycles. The maximum atomic E-state index is 6.33. The molecule has 0 fully saturated rings. The van der Waals surface area contributed by atoms with Gasteiger partial charge >= 0.3 is 0 Å². The minimum Gasteiger partial charge on any atom is -0.453 e. The van der Waals surface area contributed by atoms with E-state index in [1.54, 1.807) is 0 Å². The average molecular weight is 538 g/mol. The van der Waals surface area contributed by atoms with E-state index < -0.39 is 0 Å². The smallest absolute Gasteiger partial charge is 0.151 e. The first-order valence-electron chi connectivity index (χ1n) is 15.0. The summed E-state index contributed by atoms with van der Waals surface area (Å²) in [4.78, 5) is 2.35. The van der Waals surface area contributed by atoms with Crippen molar-refractivity contribution in [2.45, 2.75) is 59.8 Å². The molecule has 5 aromatic rings. The van der Waals surface area contributed by atoms with Gasteiger partial charge in [-0.25, -0.2) is 0 Å². The Kier molecular flexibility index (Phi) is 7.65. The molecule has 0 atom stereocenters. The van der Waals surface area contributed by atoms with E-state index in [9.17, 15) is 0 Å². The van der Waals surface area contributed by atoms with Crippen molar-refractivity contribution >= 4 is 17.1 Å². The number of aryl methyl sites for hydroxylation is 4. The first-order chi connectivity index (χ1) is 20.0. The van der Waals surface area contributed by atoms with Gasteiger partial charge in [0.1, 0.15) is 0 Å². The molecule has 1 heterocycles. The fourth-order valence-electron chi connectivity index (χ4n) is 6.13. The lowest BCUT2D eigenvalue weighted by Gasteiger charge is -2.33. The quantitative estimate of drug-likeness (QED) is 0.179. The van der Waals surface area contributed by atoms with Crippen LogP contribution in [0.2, 0.25) is 0 Å². The number of anilines is 3. The third-order valence-electron chi connectivity index (χ3n) is 7.95. The van der Waals surface area contributed by atoms with Gasteiger partial charge in [-0.05, 0) is 104 Å². The van der Waals surface area contributed by atoms with Gasteiger partial charge in [-0.1, -0.05) is 104 Å². The van der Waals surface area contributed by atoms with Gasteiger partial charge in [0, 0.05) is 5.69 Å². The van der Waals surface area contributed by atoms with E-state index in [2.05, 4.69) is 124 Å². The molecule has 0 radical (unpaired) electrons. The molecule has 0 N–H and O–H groups in total. The van der Waals surface area contributed by atoms with Crippen LogP contribution in [-0.2, 0) is 6.42 Å². The molecule has 206 valence electrons. The van der Waals surface area contributed by atoms with Crippen molar-refractivity contribution in [3.05, 3.63) is 125 Å². The molecule has 0 saturated heterocycles. The van der Waals surface area contributed by atoms with Crippen LogP contribution < -0.4 is 9.64 Å². The van der Waals surface area contributed by atoms with Crippen LogP contribution in [0.25, 0.3) is 22.3 Å². The van der Waals surface area contributed by atoms with Gasteiger partial charge < -0.3 is 9.64 Å². The Morgan fingerprint density at radius 3 is 1.68 bits per heavy atom. The molecule has 41 heavy (non-hydrogen) atoms. The van der Waals surface area contributed by atoms with Crippen molar-refractivity contribution in [3.8, 4) is 33.8 Å². The topological polar surface area (TPSA) is 12.5 Å². The van der Waals surface area contributed by atoms with Crippen molar-refractivity contribution in [2.75, 3.05) is 4.90 Å². The van der Waals surface area contributed by atoms with E-state index in [1.165, 1.54) is 70.2 Å². The summed E-state index contributed by atoms with van der Waals surface area (Å²) in [5, 5.41) is 0. The highest BCUT2D eigenvalue weighted by atomic mass is 16.5. The van der Waals surface area contributed by atoms with Crippen molar-refractivity contribution in [2.24, 2.45) is 0 Å². The second-order valence-electron chi connectivity index (χ2n) is 11.5. The molecule has 0 aromatic heterocycles. The molecule has 0 unspecified atom stereocenters. The predicted molar refractivity (Wildman–Crippen MR) is 174 cm³/mol. The molecular formula is C39H39NO. The molecule has 2 heteroatoms. The number of rotatable bonds is 8. The normalized spacial score (nSPS) is 12.0. The fourth-order valence-corrected chi connectivity index (χ4v) is 6.13. The third kappa shape index (κ3) is 5.79. The van der Waals surface area contributed by atoms with Crippen LogP contribution in [-0.4, -0.2) is 0 Å². The van der Waals surface area contributed by atoms with Crippen LogP contribution in [0, 0.1) is 20.8 Å². The van der Waals surface area contributed by atoms with Crippen LogP contribution in [0.15, 0.2) is 103 Å². The van der Waals surface area contributed by atoms with E-state index in [1.807, 2.05) is 12.1 Å².